The highest BCUT2D eigenvalue weighted by atomic mass is 32.2. The van der Waals surface area contributed by atoms with Crippen LogP contribution >= 0.6 is 11.8 Å². The number of ether oxygens (including phenoxy) is 1. The number of amides is 1. The van der Waals surface area contributed by atoms with Crippen LogP contribution in [0.1, 0.15) is 12.1 Å². The van der Waals surface area contributed by atoms with Crippen molar-refractivity contribution in [2.45, 2.75) is 12.8 Å². The lowest BCUT2D eigenvalue weighted by Crippen LogP contribution is -2.33. The van der Waals surface area contributed by atoms with Crippen LogP contribution in [-0.4, -0.2) is 72.4 Å². The van der Waals surface area contributed by atoms with Crippen molar-refractivity contribution in [2.24, 2.45) is 5.92 Å². The van der Waals surface area contributed by atoms with Gasteiger partial charge in [0.25, 0.3) is 0 Å². The average molecular weight is 336 g/mol. The molecular formula is C16H24N4O2S. The summed E-state index contributed by atoms with van der Waals surface area (Å²) in [5.74, 6) is 3.85. The molecule has 2 aliphatic rings. The van der Waals surface area contributed by atoms with Crippen molar-refractivity contribution in [3.8, 4) is 0 Å². The molecular weight excluding hydrogens is 312 g/mol. The van der Waals surface area contributed by atoms with Gasteiger partial charge in [0.2, 0.25) is 5.91 Å². The van der Waals surface area contributed by atoms with Gasteiger partial charge in [-0.3, -0.25) is 4.79 Å². The number of likely N-dealkylation sites (tertiary alicyclic amines) is 1. The molecule has 126 valence electrons. The second kappa shape index (κ2) is 7.97. The zero-order valence-corrected chi connectivity index (χ0v) is 14.4. The molecule has 1 aromatic rings. The predicted octanol–water partition coefficient (Wildman–Crippen LogP) is 1.07. The summed E-state index contributed by atoms with van der Waals surface area (Å²) in [7, 11) is 1.66. The molecule has 0 spiro atoms. The lowest BCUT2D eigenvalue weighted by Gasteiger charge is -2.26. The lowest BCUT2D eigenvalue weighted by molar-refractivity contribution is -0.128. The van der Waals surface area contributed by atoms with Gasteiger partial charge in [0.15, 0.2) is 5.82 Å². The van der Waals surface area contributed by atoms with E-state index in [2.05, 4.69) is 27.2 Å². The first-order valence-corrected chi connectivity index (χ1v) is 9.33. The van der Waals surface area contributed by atoms with Crippen molar-refractivity contribution in [3.05, 3.63) is 17.8 Å². The molecule has 0 aromatic carbocycles. The minimum absolute atomic E-state index is 0.224. The molecule has 0 bridgehead atoms. The second-order valence-corrected chi connectivity index (χ2v) is 7.31. The summed E-state index contributed by atoms with van der Waals surface area (Å²) < 4.78 is 5.05. The Labute approximate surface area is 141 Å². The molecule has 3 rings (SSSR count). The normalized spacial score (nSPS) is 22.0. The first-order chi connectivity index (χ1) is 11.3. The highest BCUT2D eigenvalue weighted by Gasteiger charge is 2.29. The van der Waals surface area contributed by atoms with Crippen molar-refractivity contribution >= 4 is 23.5 Å². The molecule has 1 amide bonds. The van der Waals surface area contributed by atoms with E-state index < -0.39 is 0 Å². The number of thioether (sulfide) groups is 1. The highest BCUT2D eigenvalue weighted by Crippen LogP contribution is 2.22. The van der Waals surface area contributed by atoms with Crippen molar-refractivity contribution in [1.82, 2.24) is 15.1 Å². The predicted molar refractivity (Wildman–Crippen MR) is 91.8 cm³/mol. The molecule has 0 radical (unpaired) electrons. The third-order valence-corrected chi connectivity index (χ3v) is 5.34. The zero-order chi connectivity index (χ0) is 16.1. The van der Waals surface area contributed by atoms with Gasteiger partial charge in [-0.25, -0.2) is 0 Å². The first kappa shape index (κ1) is 16.5. The second-order valence-electron chi connectivity index (χ2n) is 6.09. The van der Waals surface area contributed by atoms with Gasteiger partial charge in [-0.15, -0.1) is 5.10 Å². The van der Waals surface area contributed by atoms with Crippen LogP contribution in [0.2, 0.25) is 0 Å². The third-order valence-electron chi connectivity index (χ3n) is 4.40. The van der Waals surface area contributed by atoms with Crippen LogP contribution in [0.3, 0.4) is 0 Å². The molecule has 2 saturated heterocycles. The van der Waals surface area contributed by atoms with Gasteiger partial charge < -0.3 is 14.5 Å². The molecule has 1 aromatic heterocycles. The molecule has 6 nitrogen and oxygen atoms in total. The quantitative estimate of drug-likeness (QED) is 0.774. The van der Waals surface area contributed by atoms with Crippen LogP contribution in [0.4, 0.5) is 5.82 Å². The molecule has 0 N–H and O–H groups in total. The van der Waals surface area contributed by atoms with E-state index in [1.165, 1.54) is 0 Å². The largest absolute Gasteiger partial charge is 0.383 e. The van der Waals surface area contributed by atoms with Gasteiger partial charge in [0.1, 0.15) is 0 Å². The van der Waals surface area contributed by atoms with E-state index in [0.29, 0.717) is 25.5 Å². The molecule has 2 fully saturated rings. The van der Waals surface area contributed by atoms with E-state index in [4.69, 9.17) is 4.74 Å². The molecule has 1 atom stereocenters. The van der Waals surface area contributed by atoms with Gasteiger partial charge >= 0.3 is 0 Å². The molecule has 1 unspecified atom stereocenters. The van der Waals surface area contributed by atoms with E-state index in [9.17, 15) is 4.79 Å². The van der Waals surface area contributed by atoms with Crippen molar-refractivity contribution in [1.29, 1.82) is 0 Å². The lowest BCUT2D eigenvalue weighted by atomic mass is 10.0. The molecule has 0 saturated carbocycles. The van der Waals surface area contributed by atoms with E-state index in [0.717, 1.165) is 49.1 Å². The Hall–Kier alpha value is -1.34. The van der Waals surface area contributed by atoms with Crippen LogP contribution in [0.25, 0.3) is 0 Å². The van der Waals surface area contributed by atoms with Gasteiger partial charge in [-0.2, -0.15) is 16.9 Å². The number of anilines is 1. The fraction of sp³-hybridized carbons (Fsp3) is 0.688. The van der Waals surface area contributed by atoms with Crippen LogP contribution in [0.15, 0.2) is 12.1 Å². The maximum atomic E-state index is 12.0. The number of nitrogens with zero attached hydrogens (tertiary/aromatic N) is 4. The van der Waals surface area contributed by atoms with Gasteiger partial charge in [-0.05, 0) is 24.5 Å². The number of rotatable bonds is 6. The number of aromatic nitrogens is 2. The summed E-state index contributed by atoms with van der Waals surface area (Å²) in [5, 5.41) is 8.76. The average Bonchev–Trinajstić information content (AvgIpc) is 2.94. The smallest absolute Gasteiger partial charge is 0.223 e. The van der Waals surface area contributed by atoms with Crippen molar-refractivity contribution in [3.63, 3.8) is 0 Å². The van der Waals surface area contributed by atoms with Crippen LogP contribution < -0.4 is 4.90 Å². The highest BCUT2D eigenvalue weighted by molar-refractivity contribution is 7.99. The first-order valence-electron chi connectivity index (χ1n) is 8.18. The minimum atomic E-state index is 0.224. The SMILES string of the molecule is COCCN1CC(Cc2ccc(N3CCSCC3)nn2)CC1=O. The van der Waals surface area contributed by atoms with Crippen molar-refractivity contribution < 1.29 is 9.53 Å². The number of carbonyl (C=O) groups is 1. The Morgan fingerprint density at radius 2 is 2.13 bits per heavy atom. The number of carbonyl (C=O) groups excluding carboxylic acids is 1. The van der Waals surface area contributed by atoms with Crippen LogP contribution in [-0.2, 0) is 16.0 Å². The summed E-state index contributed by atoms with van der Waals surface area (Å²) >= 11 is 1.99. The van der Waals surface area contributed by atoms with E-state index in [-0.39, 0.29) is 5.91 Å². The van der Waals surface area contributed by atoms with E-state index >= 15 is 0 Å². The number of methoxy groups -OCH3 is 1. The van der Waals surface area contributed by atoms with Gasteiger partial charge in [0.05, 0.1) is 12.3 Å². The summed E-state index contributed by atoms with van der Waals surface area (Å²) in [6.45, 7) is 4.17. The van der Waals surface area contributed by atoms with E-state index in [1.54, 1.807) is 7.11 Å². The molecule has 0 aliphatic carbocycles. The Balaban J connectivity index is 1.53. The number of hydrogen-bond acceptors (Lipinski definition) is 6. The zero-order valence-electron chi connectivity index (χ0n) is 13.6. The minimum Gasteiger partial charge on any atom is -0.383 e. The van der Waals surface area contributed by atoms with Gasteiger partial charge in [-0.1, -0.05) is 0 Å². The summed E-state index contributed by atoms with van der Waals surface area (Å²) in [5.41, 5.74) is 0.978. The van der Waals surface area contributed by atoms with E-state index in [1.807, 2.05) is 16.7 Å². The maximum Gasteiger partial charge on any atom is 0.223 e. The van der Waals surface area contributed by atoms with Gasteiger partial charge in [0, 0.05) is 51.2 Å². The molecule has 3 heterocycles. The Morgan fingerprint density at radius 3 is 2.83 bits per heavy atom. The standard InChI is InChI=1S/C16H24N4O2S/c1-22-7-4-20-12-13(11-16(20)21)10-14-2-3-15(18-17-14)19-5-8-23-9-6-19/h2-3,13H,4-12H2,1H3. The van der Waals surface area contributed by atoms with Crippen LogP contribution in [0.5, 0.6) is 0 Å². The number of hydrogen-bond donors (Lipinski definition) is 0. The molecule has 7 heteroatoms. The van der Waals surface area contributed by atoms with Crippen LogP contribution in [0, 0.1) is 5.92 Å². The Morgan fingerprint density at radius 1 is 1.30 bits per heavy atom. The summed E-state index contributed by atoms with van der Waals surface area (Å²) in [6, 6.07) is 4.13. The Bertz CT molecular complexity index is 519. The third kappa shape index (κ3) is 4.35. The van der Waals surface area contributed by atoms with Crippen molar-refractivity contribution in [2.75, 3.05) is 56.3 Å². The summed E-state index contributed by atoms with van der Waals surface area (Å²) in [6.07, 6.45) is 1.43. The topological polar surface area (TPSA) is 58.6 Å². The fourth-order valence-electron chi connectivity index (χ4n) is 3.13. The maximum absolute atomic E-state index is 12.0. The summed E-state index contributed by atoms with van der Waals surface area (Å²) in [4.78, 5) is 16.1. The molecule has 2 aliphatic heterocycles. The Kier molecular flexibility index (Phi) is 5.72. The monoisotopic (exact) mass is 336 g/mol. The fourth-order valence-corrected chi connectivity index (χ4v) is 4.03. The molecule has 23 heavy (non-hydrogen) atoms.